The zero-order valence-corrected chi connectivity index (χ0v) is 14.3. The highest BCUT2D eigenvalue weighted by Gasteiger charge is 2.34. The third kappa shape index (κ3) is 2.72. The molecule has 6 nitrogen and oxygen atoms in total. The molecule has 1 aromatic carbocycles. The van der Waals surface area contributed by atoms with Crippen molar-refractivity contribution in [2.24, 2.45) is 12.8 Å². The van der Waals surface area contributed by atoms with Crippen LogP contribution in [0.4, 0.5) is 5.69 Å². The molecule has 4 rings (SSSR count). The number of hydrogen-bond donors (Lipinski definition) is 1. The van der Waals surface area contributed by atoms with Gasteiger partial charge in [-0.1, -0.05) is 18.2 Å². The zero-order chi connectivity index (χ0) is 17.6. The number of fused-ring (bicyclic) bond motifs is 2. The first kappa shape index (κ1) is 15.9. The standard InChI is InChI=1S/C19H22N4O2/c1-21-10-14(18(20)24)9-17(21)19(25)23-12-15-6-4-8-22(15)11-13-5-2-3-7-16(13)23/h2-3,5,7,9-10,15H,4,6,8,11-12H2,1H3,(H2,20,24). The van der Waals surface area contributed by atoms with Crippen molar-refractivity contribution in [2.75, 3.05) is 18.0 Å². The Morgan fingerprint density at radius 3 is 2.80 bits per heavy atom. The number of hydrogen-bond acceptors (Lipinski definition) is 3. The van der Waals surface area contributed by atoms with Crippen LogP contribution in [0.2, 0.25) is 0 Å². The van der Waals surface area contributed by atoms with E-state index in [0.29, 0.717) is 23.8 Å². The molecule has 1 atom stereocenters. The Labute approximate surface area is 146 Å². The van der Waals surface area contributed by atoms with Gasteiger partial charge >= 0.3 is 0 Å². The second-order valence-electron chi connectivity index (χ2n) is 6.90. The van der Waals surface area contributed by atoms with Gasteiger partial charge in [0.2, 0.25) is 5.91 Å². The number of para-hydroxylation sites is 1. The van der Waals surface area contributed by atoms with Gasteiger partial charge in [0, 0.05) is 38.1 Å². The van der Waals surface area contributed by atoms with Gasteiger partial charge in [-0.3, -0.25) is 14.5 Å². The maximum atomic E-state index is 13.3. The van der Waals surface area contributed by atoms with Crippen molar-refractivity contribution in [3.8, 4) is 0 Å². The molecular weight excluding hydrogens is 316 g/mol. The van der Waals surface area contributed by atoms with Crippen LogP contribution in [-0.4, -0.2) is 40.4 Å². The van der Waals surface area contributed by atoms with Crippen LogP contribution in [0.1, 0.15) is 39.3 Å². The lowest BCUT2D eigenvalue weighted by atomic mass is 10.1. The Morgan fingerprint density at radius 1 is 1.24 bits per heavy atom. The lowest BCUT2D eigenvalue weighted by Crippen LogP contribution is -2.41. The number of nitrogens with zero attached hydrogens (tertiary/aromatic N) is 3. The lowest BCUT2D eigenvalue weighted by molar-refractivity contribution is 0.0972. The van der Waals surface area contributed by atoms with E-state index in [1.807, 2.05) is 23.1 Å². The number of carbonyl (C=O) groups excluding carboxylic acids is 2. The molecular formula is C19H22N4O2. The van der Waals surface area contributed by atoms with E-state index in [1.165, 1.54) is 12.0 Å². The molecule has 0 bridgehead atoms. The van der Waals surface area contributed by atoms with E-state index < -0.39 is 5.91 Å². The van der Waals surface area contributed by atoms with Crippen LogP contribution in [0.15, 0.2) is 36.5 Å². The number of aryl methyl sites for hydroxylation is 1. The normalized spacial score (nSPS) is 20.0. The SMILES string of the molecule is Cn1cc(C(N)=O)cc1C(=O)N1CC2CCCN2Cc2ccccc21. The summed E-state index contributed by atoms with van der Waals surface area (Å²) in [6.07, 6.45) is 3.89. The summed E-state index contributed by atoms with van der Waals surface area (Å²) < 4.78 is 1.68. The number of nitrogens with two attached hydrogens (primary N) is 1. The number of amides is 2. The first-order valence-electron chi connectivity index (χ1n) is 8.64. The van der Waals surface area contributed by atoms with Crippen molar-refractivity contribution in [3.63, 3.8) is 0 Å². The van der Waals surface area contributed by atoms with Crippen LogP contribution in [-0.2, 0) is 13.6 Å². The van der Waals surface area contributed by atoms with Crippen molar-refractivity contribution >= 4 is 17.5 Å². The van der Waals surface area contributed by atoms with Gasteiger partial charge in [-0.05, 0) is 37.1 Å². The quantitative estimate of drug-likeness (QED) is 0.907. The number of rotatable bonds is 2. The van der Waals surface area contributed by atoms with Gasteiger partial charge in [0.15, 0.2) is 0 Å². The average molecular weight is 338 g/mol. The number of primary amides is 1. The van der Waals surface area contributed by atoms with Crippen LogP contribution >= 0.6 is 0 Å². The first-order valence-corrected chi connectivity index (χ1v) is 8.64. The molecule has 2 aromatic rings. The van der Waals surface area contributed by atoms with E-state index >= 15 is 0 Å². The van der Waals surface area contributed by atoms with E-state index in [4.69, 9.17) is 5.73 Å². The number of benzene rings is 1. The highest BCUT2D eigenvalue weighted by Crippen LogP contribution is 2.32. The number of anilines is 1. The molecule has 0 radical (unpaired) electrons. The fourth-order valence-corrected chi connectivity index (χ4v) is 3.99. The third-order valence-electron chi connectivity index (χ3n) is 5.30. The molecule has 0 saturated carbocycles. The smallest absolute Gasteiger partial charge is 0.274 e. The third-order valence-corrected chi connectivity index (χ3v) is 5.30. The molecule has 1 aromatic heterocycles. The highest BCUT2D eigenvalue weighted by atomic mass is 16.2. The molecule has 1 saturated heterocycles. The summed E-state index contributed by atoms with van der Waals surface area (Å²) in [7, 11) is 1.77. The summed E-state index contributed by atoms with van der Waals surface area (Å²) in [5.41, 5.74) is 8.33. The van der Waals surface area contributed by atoms with Gasteiger partial charge in [-0.15, -0.1) is 0 Å². The summed E-state index contributed by atoms with van der Waals surface area (Å²) in [6.45, 7) is 2.63. The Morgan fingerprint density at radius 2 is 2.04 bits per heavy atom. The molecule has 0 aliphatic carbocycles. The maximum Gasteiger partial charge on any atom is 0.274 e. The molecule has 2 amide bonds. The van der Waals surface area contributed by atoms with Gasteiger partial charge in [-0.25, -0.2) is 0 Å². The predicted molar refractivity (Wildman–Crippen MR) is 95.5 cm³/mol. The molecule has 130 valence electrons. The van der Waals surface area contributed by atoms with Crippen LogP contribution < -0.4 is 10.6 Å². The maximum absolute atomic E-state index is 13.3. The highest BCUT2D eigenvalue weighted by molar-refractivity contribution is 6.07. The minimum absolute atomic E-state index is 0.0869. The predicted octanol–water partition coefficient (Wildman–Crippen LogP) is 1.75. The van der Waals surface area contributed by atoms with Crippen molar-refractivity contribution in [3.05, 3.63) is 53.3 Å². The summed E-state index contributed by atoms with van der Waals surface area (Å²) in [5, 5.41) is 0. The van der Waals surface area contributed by atoms with E-state index in [1.54, 1.807) is 23.9 Å². The molecule has 25 heavy (non-hydrogen) atoms. The molecule has 2 N–H and O–H groups in total. The second-order valence-corrected chi connectivity index (χ2v) is 6.90. The van der Waals surface area contributed by atoms with Crippen LogP contribution in [0.25, 0.3) is 0 Å². The Balaban J connectivity index is 1.75. The summed E-state index contributed by atoms with van der Waals surface area (Å²) in [6, 6.07) is 10.1. The molecule has 2 aliphatic rings. The van der Waals surface area contributed by atoms with E-state index in [0.717, 1.165) is 25.2 Å². The average Bonchev–Trinajstić information content (AvgIpc) is 3.16. The second kappa shape index (κ2) is 6.04. The molecule has 2 aliphatic heterocycles. The molecule has 3 heterocycles. The minimum Gasteiger partial charge on any atom is -0.366 e. The zero-order valence-electron chi connectivity index (χ0n) is 14.3. The molecule has 6 heteroatoms. The summed E-state index contributed by atoms with van der Waals surface area (Å²) in [4.78, 5) is 29.1. The van der Waals surface area contributed by atoms with Crippen molar-refractivity contribution < 1.29 is 9.59 Å². The van der Waals surface area contributed by atoms with Gasteiger partial charge in [-0.2, -0.15) is 0 Å². The fourth-order valence-electron chi connectivity index (χ4n) is 3.99. The van der Waals surface area contributed by atoms with Crippen LogP contribution in [0.5, 0.6) is 0 Å². The lowest BCUT2D eigenvalue weighted by Gasteiger charge is -2.26. The van der Waals surface area contributed by atoms with Gasteiger partial charge in [0.05, 0.1) is 5.56 Å². The molecule has 1 unspecified atom stereocenters. The Hall–Kier alpha value is -2.60. The number of aromatic nitrogens is 1. The van der Waals surface area contributed by atoms with Gasteiger partial charge in [0.1, 0.15) is 5.69 Å². The topological polar surface area (TPSA) is 71.6 Å². The summed E-state index contributed by atoms with van der Waals surface area (Å²) in [5.74, 6) is -0.607. The largest absolute Gasteiger partial charge is 0.366 e. The Kier molecular flexibility index (Phi) is 3.84. The number of carbonyl (C=O) groups is 2. The van der Waals surface area contributed by atoms with Gasteiger partial charge < -0.3 is 15.2 Å². The van der Waals surface area contributed by atoms with Crippen LogP contribution in [0.3, 0.4) is 0 Å². The van der Waals surface area contributed by atoms with E-state index in [-0.39, 0.29) is 5.91 Å². The van der Waals surface area contributed by atoms with Crippen LogP contribution in [0, 0.1) is 0 Å². The monoisotopic (exact) mass is 338 g/mol. The fraction of sp³-hybridized carbons (Fsp3) is 0.368. The van der Waals surface area contributed by atoms with Crippen molar-refractivity contribution in [1.29, 1.82) is 0 Å². The summed E-state index contributed by atoms with van der Waals surface area (Å²) >= 11 is 0. The van der Waals surface area contributed by atoms with Gasteiger partial charge in [0.25, 0.3) is 5.91 Å². The van der Waals surface area contributed by atoms with E-state index in [9.17, 15) is 9.59 Å². The Bertz CT molecular complexity index is 842. The van der Waals surface area contributed by atoms with Crippen molar-refractivity contribution in [2.45, 2.75) is 25.4 Å². The minimum atomic E-state index is -0.520. The molecule has 1 fully saturated rings. The van der Waals surface area contributed by atoms with Crippen molar-refractivity contribution in [1.82, 2.24) is 9.47 Å². The molecule has 0 spiro atoms. The van der Waals surface area contributed by atoms with E-state index in [2.05, 4.69) is 11.0 Å². The first-order chi connectivity index (χ1) is 12.0.